The van der Waals surface area contributed by atoms with Crippen LogP contribution in [0.25, 0.3) is 11.4 Å². The van der Waals surface area contributed by atoms with E-state index in [0.717, 1.165) is 35.0 Å². The van der Waals surface area contributed by atoms with Gasteiger partial charge in [-0.15, -0.1) is 0 Å². The number of benzene rings is 2. The number of hydrogen-bond donors (Lipinski definition) is 1. The zero-order valence-electron chi connectivity index (χ0n) is 14.7. The molecular formula is C21H20N4. The van der Waals surface area contributed by atoms with Crippen molar-refractivity contribution >= 4 is 17.7 Å². The first-order valence-corrected chi connectivity index (χ1v) is 8.41. The molecule has 0 atom stereocenters. The Morgan fingerprint density at radius 3 is 2.72 bits per heavy atom. The molecule has 4 rings (SSSR count). The van der Waals surface area contributed by atoms with Crippen molar-refractivity contribution < 1.29 is 0 Å². The Morgan fingerprint density at radius 1 is 0.960 bits per heavy atom. The molecule has 0 amide bonds. The third kappa shape index (κ3) is 3.03. The molecule has 0 radical (unpaired) electrons. The van der Waals surface area contributed by atoms with Crippen molar-refractivity contribution in [2.75, 3.05) is 5.32 Å². The number of aliphatic imine (C=N–C) groups is 1. The van der Waals surface area contributed by atoms with Crippen molar-refractivity contribution in [1.82, 2.24) is 9.97 Å². The van der Waals surface area contributed by atoms with Gasteiger partial charge in [-0.2, -0.15) is 0 Å². The molecule has 124 valence electrons. The molecule has 4 nitrogen and oxygen atoms in total. The molecule has 4 heteroatoms. The molecule has 0 unspecified atom stereocenters. The first kappa shape index (κ1) is 15.5. The molecule has 0 aliphatic carbocycles. The van der Waals surface area contributed by atoms with Gasteiger partial charge in [-0.25, -0.2) is 9.97 Å². The molecule has 1 N–H and O–H groups in total. The van der Waals surface area contributed by atoms with Crippen LogP contribution < -0.4 is 5.32 Å². The van der Waals surface area contributed by atoms with Crippen molar-refractivity contribution in [2.45, 2.75) is 27.3 Å². The van der Waals surface area contributed by atoms with E-state index in [2.05, 4.69) is 65.5 Å². The Labute approximate surface area is 147 Å². The second-order valence-corrected chi connectivity index (χ2v) is 6.55. The average molecular weight is 328 g/mol. The lowest BCUT2D eigenvalue weighted by atomic mass is 10.0. The minimum Gasteiger partial charge on any atom is -0.340 e. The number of anilines is 2. The number of nitrogens with zero attached hydrogens (tertiary/aromatic N) is 3. The average Bonchev–Trinajstić information content (AvgIpc) is 3.07. The zero-order valence-corrected chi connectivity index (χ0v) is 14.7. The smallest absolute Gasteiger partial charge is 0.161 e. The van der Waals surface area contributed by atoms with Gasteiger partial charge in [0.25, 0.3) is 0 Å². The normalized spacial score (nSPS) is 12.3. The highest BCUT2D eigenvalue weighted by molar-refractivity contribution is 5.86. The minimum absolute atomic E-state index is 0.747. The Kier molecular flexibility index (Phi) is 3.80. The van der Waals surface area contributed by atoms with E-state index in [4.69, 9.17) is 4.98 Å². The monoisotopic (exact) mass is 328 g/mol. The Hall–Kier alpha value is -3.01. The van der Waals surface area contributed by atoms with Crippen molar-refractivity contribution in [1.29, 1.82) is 0 Å². The van der Waals surface area contributed by atoms with E-state index in [1.54, 1.807) is 0 Å². The zero-order chi connectivity index (χ0) is 17.4. The van der Waals surface area contributed by atoms with E-state index in [9.17, 15) is 0 Å². The number of rotatable bonds is 3. The number of aryl methyl sites for hydroxylation is 3. The molecule has 0 spiro atoms. The van der Waals surface area contributed by atoms with E-state index in [-0.39, 0.29) is 0 Å². The van der Waals surface area contributed by atoms with Gasteiger partial charge in [0.05, 0.1) is 6.54 Å². The maximum Gasteiger partial charge on any atom is 0.161 e. The highest BCUT2D eigenvalue weighted by atomic mass is 15.0. The third-order valence-corrected chi connectivity index (χ3v) is 4.51. The molecule has 2 heterocycles. The van der Waals surface area contributed by atoms with Crippen molar-refractivity contribution in [3.63, 3.8) is 0 Å². The minimum atomic E-state index is 0.747. The summed E-state index contributed by atoms with van der Waals surface area (Å²) in [5.41, 5.74) is 7.92. The maximum atomic E-state index is 4.78. The lowest BCUT2D eigenvalue weighted by Gasteiger charge is -2.12. The first-order valence-electron chi connectivity index (χ1n) is 8.41. The van der Waals surface area contributed by atoms with Gasteiger partial charge < -0.3 is 5.32 Å². The molecule has 0 saturated carbocycles. The highest BCUT2D eigenvalue weighted by Crippen LogP contribution is 2.26. The van der Waals surface area contributed by atoms with Gasteiger partial charge in [0.15, 0.2) is 5.82 Å². The third-order valence-electron chi connectivity index (χ3n) is 4.51. The summed E-state index contributed by atoms with van der Waals surface area (Å²) in [5.74, 6) is 1.58. The van der Waals surface area contributed by atoms with Crippen LogP contribution in [0.3, 0.4) is 0 Å². The predicted octanol–water partition coefficient (Wildman–Crippen LogP) is 4.74. The fourth-order valence-electron chi connectivity index (χ4n) is 2.99. The Bertz CT molecular complexity index is 989. The SMILES string of the molecule is Cc1ccc(C)c(-c2ncc(C)c(Nc3ccc4c(c3)C=NC4)n2)c1. The predicted molar refractivity (Wildman–Crippen MR) is 103 cm³/mol. The van der Waals surface area contributed by atoms with Crippen molar-refractivity contribution in [3.05, 3.63) is 70.4 Å². The van der Waals surface area contributed by atoms with Crippen LogP contribution in [0, 0.1) is 20.8 Å². The molecule has 0 fully saturated rings. The van der Waals surface area contributed by atoms with Crippen LogP contribution in [0.1, 0.15) is 27.8 Å². The van der Waals surface area contributed by atoms with Gasteiger partial charge in [0.2, 0.25) is 0 Å². The van der Waals surface area contributed by atoms with Gasteiger partial charge in [0.1, 0.15) is 5.82 Å². The maximum absolute atomic E-state index is 4.78. The molecule has 2 aromatic carbocycles. The summed E-state index contributed by atoms with van der Waals surface area (Å²) in [6, 6.07) is 12.7. The Morgan fingerprint density at radius 2 is 1.84 bits per heavy atom. The molecule has 3 aromatic rings. The molecule has 1 aliphatic rings. The quantitative estimate of drug-likeness (QED) is 0.755. The molecule has 1 aliphatic heterocycles. The summed E-state index contributed by atoms with van der Waals surface area (Å²) >= 11 is 0. The molecule has 1 aromatic heterocycles. The van der Waals surface area contributed by atoms with Crippen molar-refractivity contribution in [2.24, 2.45) is 4.99 Å². The summed E-state index contributed by atoms with van der Waals surface area (Å²) in [6.07, 6.45) is 3.80. The summed E-state index contributed by atoms with van der Waals surface area (Å²) in [7, 11) is 0. The lowest BCUT2D eigenvalue weighted by molar-refractivity contribution is 1.11. The summed E-state index contributed by atoms with van der Waals surface area (Å²) < 4.78 is 0. The first-order chi connectivity index (χ1) is 12.1. The second kappa shape index (κ2) is 6.13. The van der Waals surface area contributed by atoms with Gasteiger partial charge in [-0.05, 0) is 55.7 Å². The van der Waals surface area contributed by atoms with E-state index in [1.165, 1.54) is 22.3 Å². The fourth-order valence-corrected chi connectivity index (χ4v) is 2.99. The van der Waals surface area contributed by atoms with Crippen LogP contribution in [0.4, 0.5) is 11.5 Å². The van der Waals surface area contributed by atoms with Crippen LogP contribution >= 0.6 is 0 Å². The standard InChI is InChI=1S/C21H20N4/c1-13-4-5-14(2)19(8-13)21-23-10-15(3)20(25-21)24-18-7-6-16-11-22-12-17(16)9-18/h4-10,12H,11H2,1-3H3,(H,23,24,25). The topological polar surface area (TPSA) is 50.2 Å². The summed E-state index contributed by atoms with van der Waals surface area (Å²) in [5, 5.41) is 3.43. The van der Waals surface area contributed by atoms with Crippen LogP contribution in [0.2, 0.25) is 0 Å². The summed E-state index contributed by atoms with van der Waals surface area (Å²) in [6.45, 7) is 6.97. The summed E-state index contributed by atoms with van der Waals surface area (Å²) in [4.78, 5) is 13.6. The van der Waals surface area contributed by atoms with E-state index in [0.29, 0.717) is 0 Å². The van der Waals surface area contributed by atoms with Gasteiger partial charge >= 0.3 is 0 Å². The van der Waals surface area contributed by atoms with Gasteiger partial charge in [-0.3, -0.25) is 4.99 Å². The fraction of sp³-hybridized carbons (Fsp3) is 0.190. The number of fused-ring (bicyclic) bond motifs is 1. The van der Waals surface area contributed by atoms with Crippen LogP contribution in [-0.4, -0.2) is 16.2 Å². The largest absolute Gasteiger partial charge is 0.340 e. The number of aromatic nitrogens is 2. The lowest BCUT2D eigenvalue weighted by Crippen LogP contribution is -2.01. The van der Waals surface area contributed by atoms with Crippen molar-refractivity contribution in [3.8, 4) is 11.4 Å². The molecule has 25 heavy (non-hydrogen) atoms. The van der Waals surface area contributed by atoms with Crippen LogP contribution in [-0.2, 0) is 6.54 Å². The van der Waals surface area contributed by atoms with E-state index >= 15 is 0 Å². The highest BCUT2D eigenvalue weighted by Gasteiger charge is 2.11. The molecule has 0 saturated heterocycles. The molecular weight excluding hydrogens is 308 g/mol. The van der Waals surface area contributed by atoms with Gasteiger partial charge in [-0.1, -0.05) is 23.8 Å². The Balaban J connectivity index is 1.70. The number of hydrogen-bond acceptors (Lipinski definition) is 4. The molecule has 0 bridgehead atoms. The number of nitrogens with one attached hydrogen (secondary N) is 1. The second-order valence-electron chi connectivity index (χ2n) is 6.55. The van der Waals surface area contributed by atoms with Crippen LogP contribution in [0.15, 0.2) is 47.6 Å². The van der Waals surface area contributed by atoms with Gasteiger partial charge in [0, 0.05) is 29.2 Å². The van der Waals surface area contributed by atoms with Crippen LogP contribution in [0.5, 0.6) is 0 Å². The van der Waals surface area contributed by atoms with E-state index in [1.807, 2.05) is 19.3 Å². The van der Waals surface area contributed by atoms with E-state index < -0.39 is 0 Å².